The molecular formula is C16H24N2O2S. The highest BCUT2D eigenvalue weighted by Crippen LogP contribution is 2.31. The average molecular weight is 308 g/mol. The zero-order chi connectivity index (χ0) is 14.8. The summed E-state index contributed by atoms with van der Waals surface area (Å²) in [4.78, 5) is 15.7. The van der Waals surface area contributed by atoms with Crippen LogP contribution in [0.15, 0.2) is 17.5 Å². The Hall–Kier alpha value is -0.910. The number of thiophene rings is 1. The van der Waals surface area contributed by atoms with Gasteiger partial charge in [-0.1, -0.05) is 13.0 Å². The van der Waals surface area contributed by atoms with E-state index in [9.17, 15) is 9.90 Å². The van der Waals surface area contributed by atoms with Crippen LogP contribution in [0.5, 0.6) is 0 Å². The van der Waals surface area contributed by atoms with Crippen molar-refractivity contribution in [3.8, 4) is 0 Å². The summed E-state index contributed by atoms with van der Waals surface area (Å²) in [5.41, 5.74) is 0. The van der Waals surface area contributed by atoms with E-state index in [1.807, 2.05) is 22.4 Å². The van der Waals surface area contributed by atoms with E-state index >= 15 is 0 Å². The van der Waals surface area contributed by atoms with E-state index < -0.39 is 6.10 Å². The van der Waals surface area contributed by atoms with Crippen LogP contribution in [0.1, 0.15) is 37.2 Å². The maximum absolute atomic E-state index is 12.7. The normalized spacial score (nSPS) is 25.6. The molecule has 0 aromatic carbocycles. The van der Waals surface area contributed by atoms with Crippen LogP contribution in [-0.2, 0) is 4.79 Å². The first-order valence-electron chi connectivity index (χ1n) is 7.89. The Morgan fingerprint density at radius 1 is 1.57 bits per heavy atom. The molecule has 5 heteroatoms. The van der Waals surface area contributed by atoms with Gasteiger partial charge in [0.05, 0.1) is 6.10 Å². The van der Waals surface area contributed by atoms with Gasteiger partial charge in [0.1, 0.15) is 0 Å². The molecule has 0 aliphatic carbocycles. The van der Waals surface area contributed by atoms with E-state index in [0.29, 0.717) is 12.3 Å². The van der Waals surface area contributed by atoms with Gasteiger partial charge >= 0.3 is 0 Å². The molecule has 0 radical (unpaired) electrons. The van der Waals surface area contributed by atoms with Crippen molar-refractivity contribution in [3.05, 3.63) is 22.4 Å². The lowest BCUT2D eigenvalue weighted by Gasteiger charge is -2.36. The first kappa shape index (κ1) is 15.0. The molecule has 3 rings (SSSR count). The summed E-state index contributed by atoms with van der Waals surface area (Å²) in [6, 6.07) is 4.14. The number of likely N-dealkylation sites (tertiary alicyclic amines) is 1. The predicted molar refractivity (Wildman–Crippen MR) is 84.2 cm³/mol. The Morgan fingerprint density at radius 3 is 3.00 bits per heavy atom. The van der Waals surface area contributed by atoms with Gasteiger partial charge in [-0.15, -0.1) is 11.3 Å². The highest BCUT2D eigenvalue weighted by atomic mass is 32.1. The summed E-state index contributed by atoms with van der Waals surface area (Å²) in [6.45, 7) is 4.83. The summed E-state index contributed by atoms with van der Waals surface area (Å²) < 4.78 is 0. The fraction of sp³-hybridized carbons (Fsp3) is 0.688. The second kappa shape index (κ2) is 6.46. The van der Waals surface area contributed by atoms with E-state index in [1.54, 1.807) is 11.3 Å². The van der Waals surface area contributed by atoms with Crippen LogP contribution in [-0.4, -0.2) is 41.6 Å². The quantitative estimate of drug-likeness (QED) is 0.875. The molecule has 1 aromatic heterocycles. The number of amides is 1. The number of nitrogens with one attached hydrogen (secondary N) is 1. The van der Waals surface area contributed by atoms with E-state index in [4.69, 9.17) is 0 Å². The molecule has 2 fully saturated rings. The maximum atomic E-state index is 12.7. The van der Waals surface area contributed by atoms with Crippen molar-refractivity contribution in [3.63, 3.8) is 0 Å². The third-order valence-corrected chi connectivity index (χ3v) is 5.91. The lowest BCUT2D eigenvalue weighted by molar-refractivity contribution is -0.138. The van der Waals surface area contributed by atoms with Crippen LogP contribution in [0, 0.1) is 11.8 Å². The molecule has 0 bridgehead atoms. The van der Waals surface area contributed by atoms with E-state index in [0.717, 1.165) is 37.4 Å². The third-order valence-electron chi connectivity index (χ3n) is 4.94. The van der Waals surface area contributed by atoms with Crippen LogP contribution >= 0.6 is 11.3 Å². The van der Waals surface area contributed by atoms with Gasteiger partial charge in [-0.3, -0.25) is 4.79 Å². The Bertz CT molecular complexity index is 473. The maximum Gasteiger partial charge on any atom is 0.226 e. The standard InChI is InChI=1S/C16H24N2O2S/c1-11(12-9-17-10-12)16(20)18-6-2-4-13(18)8-14(19)15-5-3-7-21-15/h3,5,7,11-14,17,19H,2,4,6,8-10H2,1H3. The van der Waals surface area contributed by atoms with E-state index in [2.05, 4.69) is 12.2 Å². The van der Waals surface area contributed by atoms with Gasteiger partial charge in [-0.05, 0) is 49.7 Å². The van der Waals surface area contributed by atoms with Crippen molar-refractivity contribution in [1.82, 2.24) is 10.2 Å². The molecule has 2 aliphatic heterocycles. The fourth-order valence-electron chi connectivity index (χ4n) is 3.35. The Kier molecular flexibility index (Phi) is 4.62. The fourth-order valence-corrected chi connectivity index (χ4v) is 4.08. The van der Waals surface area contributed by atoms with Gasteiger partial charge in [-0.25, -0.2) is 0 Å². The predicted octanol–water partition coefficient (Wildman–Crippen LogP) is 2.02. The number of carbonyl (C=O) groups excluding carboxylic acids is 1. The smallest absolute Gasteiger partial charge is 0.226 e. The summed E-state index contributed by atoms with van der Waals surface area (Å²) in [7, 11) is 0. The minimum Gasteiger partial charge on any atom is -0.387 e. The monoisotopic (exact) mass is 308 g/mol. The molecule has 3 unspecified atom stereocenters. The highest BCUT2D eigenvalue weighted by molar-refractivity contribution is 7.10. The van der Waals surface area contributed by atoms with Crippen LogP contribution in [0.25, 0.3) is 0 Å². The number of rotatable bonds is 5. The molecule has 21 heavy (non-hydrogen) atoms. The Labute approximate surface area is 130 Å². The summed E-state index contributed by atoms with van der Waals surface area (Å²) in [5.74, 6) is 0.870. The lowest BCUT2D eigenvalue weighted by Crippen LogP contribution is -2.51. The van der Waals surface area contributed by atoms with Crippen molar-refractivity contribution < 1.29 is 9.90 Å². The second-order valence-electron chi connectivity index (χ2n) is 6.30. The number of aliphatic hydroxyl groups is 1. The van der Waals surface area contributed by atoms with Crippen LogP contribution < -0.4 is 5.32 Å². The summed E-state index contributed by atoms with van der Waals surface area (Å²) >= 11 is 1.59. The van der Waals surface area contributed by atoms with Crippen molar-refractivity contribution in [2.45, 2.75) is 38.3 Å². The first-order valence-corrected chi connectivity index (χ1v) is 8.77. The zero-order valence-electron chi connectivity index (χ0n) is 12.5. The molecule has 3 atom stereocenters. The topological polar surface area (TPSA) is 52.6 Å². The highest BCUT2D eigenvalue weighted by Gasteiger charge is 2.37. The summed E-state index contributed by atoms with van der Waals surface area (Å²) in [6.07, 6.45) is 2.30. The van der Waals surface area contributed by atoms with Gasteiger partial charge in [0.25, 0.3) is 0 Å². The Balaban J connectivity index is 1.60. The molecule has 2 saturated heterocycles. The van der Waals surface area contributed by atoms with E-state index in [1.165, 1.54) is 0 Å². The number of aliphatic hydroxyl groups excluding tert-OH is 1. The largest absolute Gasteiger partial charge is 0.387 e. The molecule has 4 nitrogen and oxygen atoms in total. The zero-order valence-corrected chi connectivity index (χ0v) is 13.3. The molecule has 1 amide bonds. The third kappa shape index (κ3) is 3.15. The van der Waals surface area contributed by atoms with Crippen molar-refractivity contribution in [1.29, 1.82) is 0 Å². The molecule has 3 heterocycles. The van der Waals surface area contributed by atoms with Gasteiger partial charge < -0.3 is 15.3 Å². The average Bonchev–Trinajstić information content (AvgIpc) is 3.06. The lowest BCUT2D eigenvalue weighted by atomic mass is 9.87. The molecule has 0 spiro atoms. The molecule has 0 saturated carbocycles. The van der Waals surface area contributed by atoms with Gasteiger partial charge in [0.15, 0.2) is 0 Å². The molecule has 116 valence electrons. The minimum absolute atomic E-state index is 0.103. The molecule has 2 aliphatic rings. The van der Waals surface area contributed by atoms with Crippen molar-refractivity contribution in [2.24, 2.45) is 11.8 Å². The van der Waals surface area contributed by atoms with Gasteiger partial charge in [0, 0.05) is 23.4 Å². The molecule has 1 aromatic rings. The van der Waals surface area contributed by atoms with Gasteiger partial charge in [0.2, 0.25) is 5.91 Å². The number of hydrogen-bond donors (Lipinski definition) is 2. The Morgan fingerprint density at radius 2 is 2.38 bits per heavy atom. The first-order chi connectivity index (χ1) is 10.2. The minimum atomic E-state index is -0.441. The van der Waals surface area contributed by atoms with Crippen LogP contribution in [0.3, 0.4) is 0 Å². The van der Waals surface area contributed by atoms with Crippen LogP contribution in [0.4, 0.5) is 0 Å². The molecule has 2 N–H and O–H groups in total. The number of nitrogens with zero attached hydrogens (tertiary/aromatic N) is 1. The number of hydrogen-bond acceptors (Lipinski definition) is 4. The molecular weight excluding hydrogens is 284 g/mol. The number of carbonyl (C=O) groups is 1. The summed E-state index contributed by atoms with van der Waals surface area (Å²) in [5, 5.41) is 15.6. The van der Waals surface area contributed by atoms with Crippen molar-refractivity contribution >= 4 is 17.2 Å². The van der Waals surface area contributed by atoms with Crippen LogP contribution in [0.2, 0.25) is 0 Å². The second-order valence-corrected chi connectivity index (χ2v) is 7.28. The SMILES string of the molecule is CC(C(=O)N1CCCC1CC(O)c1cccs1)C1CNC1. The van der Waals surface area contributed by atoms with Crippen molar-refractivity contribution in [2.75, 3.05) is 19.6 Å². The van der Waals surface area contributed by atoms with E-state index in [-0.39, 0.29) is 17.9 Å². The van der Waals surface area contributed by atoms with Gasteiger partial charge in [-0.2, -0.15) is 0 Å².